The number of thiazole rings is 1. The van der Waals surface area contributed by atoms with Crippen molar-refractivity contribution in [2.75, 3.05) is 23.6 Å². The molecule has 1 fully saturated rings. The second-order valence-corrected chi connectivity index (χ2v) is 15.3. The monoisotopic (exact) mass is 788 g/mol. The number of aryl methyl sites for hydroxylation is 1. The van der Waals surface area contributed by atoms with Gasteiger partial charge in [-0.15, -0.1) is 34.7 Å². The summed E-state index contributed by atoms with van der Waals surface area (Å²) in [5.41, 5.74) is 0.937. The molecule has 0 unspecified atom stereocenters. The van der Waals surface area contributed by atoms with Gasteiger partial charge in [-0.2, -0.15) is 0 Å². The fourth-order valence-corrected chi connectivity index (χ4v) is 7.91. The summed E-state index contributed by atoms with van der Waals surface area (Å²) in [6, 6.07) is 3.26. The second-order valence-electron chi connectivity index (χ2n) is 12.7. The highest BCUT2D eigenvalue weighted by molar-refractivity contribution is 8.00. The summed E-state index contributed by atoms with van der Waals surface area (Å²) in [5, 5.41) is 7.55. The van der Waals surface area contributed by atoms with Gasteiger partial charge in [-0.25, -0.2) is 14.6 Å². The number of ketones is 2. The van der Waals surface area contributed by atoms with E-state index in [2.05, 4.69) is 24.8 Å². The number of halogens is 2. The number of hydrogen-bond acceptors (Lipinski definition) is 14. The number of Topliss-reactive ketones (excluding diaryl/α,β-unsaturated/α-hetero) is 2. The van der Waals surface area contributed by atoms with E-state index in [1.165, 1.54) is 22.0 Å². The third kappa shape index (κ3) is 9.38. The van der Waals surface area contributed by atoms with Crippen LogP contribution in [0, 0.1) is 25.7 Å². The number of anilines is 1. The molecular weight excluding hydrogens is 757 g/mol. The van der Waals surface area contributed by atoms with Crippen LogP contribution in [-0.4, -0.2) is 96.4 Å². The van der Waals surface area contributed by atoms with Crippen molar-refractivity contribution in [2.24, 2.45) is 17.0 Å². The van der Waals surface area contributed by atoms with E-state index in [0.717, 1.165) is 16.9 Å². The molecule has 1 saturated heterocycles. The van der Waals surface area contributed by atoms with Crippen molar-refractivity contribution in [2.45, 2.75) is 58.4 Å². The van der Waals surface area contributed by atoms with Crippen molar-refractivity contribution in [3.8, 4) is 0 Å². The normalized spacial score (nSPS) is 17.8. The van der Waals surface area contributed by atoms with Gasteiger partial charge in [0.25, 0.3) is 5.97 Å². The van der Waals surface area contributed by atoms with E-state index in [-0.39, 0.29) is 50.9 Å². The highest BCUT2D eigenvalue weighted by Crippen LogP contribution is 2.45. The molecule has 1 aromatic heterocycles. The molecule has 0 bridgehead atoms. The minimum Gasteiger partial charge on any atom is -0.543 e. The third-order valence-electron chi connectivity index (χ3n) is 7.91. The highest BCUT2D eigenvalue weighted by atomic mass is 35.5. The van der Waals surface area contributed by atoms with Crippen molar-refractivity contribution in [3.63, 3.8) is 0 Å². The molecule has 14 nitrogen and oxygen atoms in total. The molecule has 52 heavy (non-hydrogen) atoms. The average Bonchev–Trinajstić information content (AvgIpc) is 3.55. The fraction of sp³-hybridized carbons (Fsp3) is 0.438. The van der Waals surface area contributed by atoms with E-state index < -0.39 is 71.3 Å². The van der Waals surface area contributed by atoms with Gasteiger partial charge < -0.3 is 18.9 Å². The number of β-lactam (4-membered cyclic amide) rings is 1. The lowest BCUT2D eigenvalue weighted by atomic mass is 9.89. The van der Waals surface area contributed by atoms with Crippen LogP contribution >= 0.6 is 46.3 Å². The second kappa shape index (κ2) is 17.3. The minimum absolute atomic E-state index is 0.0337. The SMILES string of the molecule is [B]OC(=O)C1=C(CCl)CS[C@@H]2[C@H](CC(=O)/C(=N\OC[C@H](CC(=O)c3ccc(C)c(C)c3Cl)C(=O)O[B])c3csc(NC(=O)OC(C)(C)C)n3)C(=O)N12. The van der Waals surface area contributed by atoms with Gasteiger partial charge >= 0.3 is 28.2 Å². The molecular formula is C32H32B2Cl2N4O10S2. The van der Waals surface area contributed by atoms with Gasteiger partial charge in [-0.3, -0.25) is 29.4 Å². The van der Waals surface area contributed by atoms with Crippen LogP contribution in [0.3, 0.4) is 0 Å². The van der Waals surface area contributed by atoms with Crippen molar-refractivity contribution < 1.29 is 47.7 Å². The lowest BCUT2D eigenvalue weighted by Crippen LogP contribution is -2.62. The Labute approximate surface area is 320 Å². The van der Waals surface area contributed by atoms with Gasteiger partial charge in [0, 0.05) is 35.4 Å². The zero-order chi connectivity index (χ0) is 38.5. The summed E-state index contributed by atoms with van der Waals surface area (Å²) < 4.78 is 14.0. The maximum atomic E-state index is 13.8. The largest absolute Gasteiger partial charge is 0.543 e. The van der Waals surface area contributed by atoms with Crippen LogP contribution in [0.25, 0.3) is 0 Å². The maximum Gasteiger partial charge on any atom is 0.413 e. The molecule has 2 aliphatic heterocycles. The molecule has 2 aromatic rings. The third-order valence-corrected chi connectivity index (χ3v) is 10.9. The number of aromatic nitrogens is 1. The predicted molar refractivity (Wildman–Crippen MR) is 195 cm³/mol. The number of benzene rings is 1. The summed E-state index contributed by atoms with van der Waals surface area (Å²) >= 11 is 14.6. The number of alkyl halides is 1. The summed E-state index contributed by atoms with van der Waals surface area (Å²) in [7, 11) is 10.2. The number of hydrogen-bond donors (Lipinski definition) is 1. The molecule has 3 heterocycles. The zero-order valence-corrected chi connectivity index (χ0v) is 31.8. The Balaban J connectivity index is 1.58. The quantitative estimate of drug-likeness (QED) is 0.0703. The summed E-state index contributed by atoms with van der Waals surface area (Å²) in [5.74, 6) is -5.58. The van der Waals surface area contributed by atoms with E-state index in [4.69, 9.17) is 48.9 Å². The number of ether oxygens (including phenoxy) is 1. The zero-order valence-electron chi connectivity index (χ0n) is 28.7. The van der Waals surface area contributed by atoms with Gasteiger partial charge in [0.05, 0.1) is 22.2 Å². The molecule has 4 rings (SSSR count). The van der Waals surface area contributed by atoms with E-state index >= 15 is 0 Å². The Hall–Kier alpha value is -3.86. The van der Waals surface area contributed by atoms with Crippen molar-refractivity contribution >= 4 is 109 Å². The fourth-order valence-electron chi connectivity index (χ4n) is 5.16. The van der Waals surface area contributed by atoms with Gasteiger partial charge in [-0.05, 0) is 57.4 Å². The van der Waals surface area contributed by atoms with Crippen LogP contribution in [0.4, 0.5) is 9.93 Å². The van der Waals surface area contributed by atoms with Crippen LogP contribution in [0.1, 0.15) is 60.8 Å². The molecule has 1 N–H and O–H groups in total. The van der Waals surface area contributed by atoms with Gasteiger partial charge in [0.15, 0.2) is 22.4 Å². The first kappa shape index (κ1) is 40.9. The summed E-state index contributed by atoms with van der Waals surface area (Å²) in [6.45, 7) is 8.08. The number of oxime groups is 1. The van der Waals surface area contributed by atoms with Crippen LogP contribution in [-0.2, 0) is 38.1 Å². The average molecular weight is 789 g/mol. The predicted octanol–water partition coefficient (Wildman–Crippen LogP) is 4.61. The van der Waals surface area contributed by atoms with Crippen molar-refractivity contribution in [3.05, 3.63) is 56.2 Å². The molecule has 0 spiro atoms. The molecule has 0 aliphatic carbocycles. The number of fused-ring (bicyclic) bond motifs is 1. The van der Waals surface area contributed by atoms with Gasteiger partial charge in [-0.1, -0.05) is 22.8 Å². The standard InChI is InChI=1S/C32H32B2Cl2N4O10S2/c1-14-6-7-18(23(36)15(14)2)21(41)8-16(28(44)49-33)11-47-39-24(20-13-52-30(37-20)38-31(46)48-32(3,4)5)22(42)9-19-26(43)40-25(29(45)50-34)17(10-35)12-51-27(19)40/h6-7,13,16,19,27H,8-12H2,1-5H3,(H,37,38,46)/b39-24-/t16-,19+,27+/m0/s1. The van der Waals surface area contributed by atoms with Crippen LogP contribution in [0.15, 0.2) is 33.9 Å². The number of amides is 2. The Bertz CT molecular complexity index is 1850. The summed E-state index contributed by atoms with van der Waals surface area (Å²) in [4.78, 5) is 88.6. The molecule has 1 aromatic carbocycles. The Kier molecular flexibility index (Phi) is 13.6. The number of nitrogens with one attached hydrogen (secondary N) is 1. The van der Waals surface area contributed by atoms with E-state index in [1.54, 1.807) is 39.8 Å². The van der Waals surface area contributed by atoms with E-state index in [9.17, 15) is 28.8 Å². The lowest BCUT2D eigenvalue weighted by molar-refractivity contribution is -0.152. The Morgan fingerprint density at radius 3 is 2.50 bits per heavy atom. The number of thioether (sulfide) groups is 1. The Morgan fingerprint density at radius 2 is 1.87 bits per heavy atom. The highest BCUT2D eigenvalue weighted by Gasteiger charge is 2.54. The van der Waals surface area contributed by atoms with Crippen molar-refractivity contribution in [1.82, 2.24) is 9.88 Å². The molecule has 3 atom stereocenters. The molecule has 0 saturated carbocycles. The molecule has 2 aliphatic rings. The first-order valence-corrected chi connectivity index (χ1v) is 18.4. The lowest BCUT2D eigenvalue weighted by Gasteiger charge is -2.49. The first-order valence-electron chi connectivity index (χ1n) is 15.5. The maximum absolute atomic E-state index is 13.8. The number of carbonyl (C=O) groups is 6. The van der Waals surface area contributed by atoms with Gasteiger partial charge in [0.1, 0.15) is 23.6 Å². The molecule has 2 amide bonds. The molecule has 272 valence electrons. The molecule has 4 radical (unpaired) electrons. The van der Waals surface area contributed by atoms with Crippen LogP contribution in [0.2, 0.25) is 5.02 Å². The smallest absolute Gasteiger partial charge is 0.413 e. The van der Waals surface area contributed by atoms with E-state index in [1.807, 2.05) is 6.92 Å². The minimum atomic E-state index is -1.26. The summed E-state index contributed by atoms with van der Waals surface area (Å²) in [6.07, 6.45) is -1.61. The number of rotatable bonds is 14. The van der Waals surface area contributed by atoms with Crippen LogP contribution < -0.4 is 5.32 Å². The number of carbonyl (C=O) groups excluding carboxylic acids is 6. The van der Waals surface area contributed by atoms with E-state index in [0.29, 0.717) is 11.1 Å². The van der Waals surface area contributed by atoms with Crippen LogP contribution in [0.5, 0.6) is 0 Å². The van der Waals surface area contributed by atoms with Gasteiger partial charge in [0.2, 0.25) is 5.91 Å². The first-order chi connectivity index (χ1) is 24.5. The number of nitrogens with zero attached hydrogens (tertiary/aromatic N) is 3. The Morgan fingerprint density at radius 1 is 1.15 bits per heavy atom. The molecule has 20 heteroatoms. The van der Waals surface area contributed by atoms with Crippen molar-refractivity contribution in [1.29, 1.82) is 0 Å². The topological polar surface area (TPSA) is 180 Å².